The molecule has 0 radical (unpaired) electrons. The Balaban J connectivity index is 1.80. The van der Waals surface area contributed by atoms with Crippen LogP contribution in [0.4, 0.5) is 0 Å². The molecular weight excluding hydrogens is 228 g/mol. The summed E-state index contributed by atoms with van der Waals surface area (Å²) in [5.74, 6) is 1.74. The van der Waals surface area contributed by atoms with Crippen LogP contribution in [0.1, 0.15) is 39.5 Å². The van der Waals surface area contributed by atoms with Gasteiger partial charge in [0.25, 0.3) is 0 Å². The quantitative estimate of drug-likeness (QED) is 0.790. The molecule has 2 heterocycles. The fourth-order valence-corrected chi connectivity index (χ4v) is 3.15. The van der Waals surface area contributed by atoms with Crippen LogP contribution in [-0.2, 0) is 4.79 Å². The minimum atomic E-state index is -0.350. The molecule has 2 N–H and O–H groups in total. The predicted octanol–water partition coefficient (Wildman–Crippen LogP) is 0.994. The molecule has 0 aromatic heterocycles. The number of nitrogens with one attached hydrogen (secondary N) is 1. The summed E-state index contributed by atoms with van der Waals surface area (Å²) in [4.78, 5) is 14.2. The van der Waals surface area contributed by atoms with Gasteiger partial charge >= 0.3 is 0 Å². The summed E-state index contributed by atoms with van der Waals surface area (Å²) < 4.78 is 0. The van der Waals surface area contributed by atoms with E-state index < -0.39 is 0 Å². The number of rotatable bonds is 3. The van der Waals surface area contributed by atoms with Gasteiger partial charge in [-0.2, -0.15) is 0 Å². The van der Waals surface area contributed by atoms with Crippen molar-refractivity contribution in [3.8, 4) is 0 Å². The van der Waals surface area contributed by atoms with Crippen LogP contribution in [0.15, 0.2) is 0 Å². The van der Waals surface area contributed by atoms with Gasteiger partial charge in [-0.3, -0.25) is 4.79 Å². The molecule has 2 rings (SSSR count). The molecule has 0 bridgehead atoms. The van der Waals surface area contributed by atoms with Gasteiger partial charge in [-0.15, -0.1) is 0 Å². The van der Waals surface area contributed by atoms with E-state index in [1.807, 2.05) is 4.90 Å². The third-order valence-corrected chi connectivity index (χ3v) is 4.71. The maximum absolute atomic E-state index is 12.2. The summed E-state index contributed by atoms with van der Waals surface area (Å²) in [6, 6.07) is -0.153. The predicted molar refractivity (Wildman–Crippen MR) is 71.2 cm³/mol. The molecule has 2 aliphatic rings. The number of carbonyl (C=O) groups is 1. The van der Waals surface area contributed by atoms with Crippen LogP contribution in [0.25, 0.3) is 0 Å². The van der Waals surface area contributed by atoms with Crippen LogP contribution in [0.3, 0.4) is 0 Å². The number of aliphatic hydroxyl groups excluding tert-OH is 1. The molecule has 0 saturated carbocycles. The first kappa shape index (κ1) is 13.8. The second-order valence-electron chi connectivity index (χ2n) is 5.90. The van der Waals surface area contributed by atoms with Gasteiger partial charge in [0.2, 0.25) is 5.91 Å². The van der Waals surface area contributed by atoms with Crippen molar-refractivity contribution in [1.82, 2.24) is 10.2 Å². The van der Waals surface area contributed by atoms with E-state index in [9.17, 15) is 9.90 Å². The summed E-state index contributed by atoms with van der Waals surface area (Å²) in [5, 5.41) is 12.6. The van der Waals surface area contributed by atoms with E-state index in [0.29, 0.717) is 13.0 Å². The number of aliphatic hydroxyl groups is 1. The minimum absolute atomic E-state index is 0.153. The van der Waals surface area contributed by atoms with Crippen molar-refractivity contribution < 1.29 is 9.90 Å². The summed E-state index contributed by atoms with van der Waals surface area (Å²) in [6.07, 6.45) is 3.72. The Morgan fingerprint density at radius 1 is 1.44 bits per heavy atom. The van der Waals surface area contributed by atoms with E-state index in [2.05, 4.69) is 19.2 Å². The first-order valence-electron chi connectivity index (χ1n) is 7.32. The lowest BCUT2D eigenvalue weighted by Crippen LogP contribution is -2.47. The van der Waals surface area contributed by atoms with Crippen LogP contribution in [0.2, 0.25) is 0 Å². The molecule has 4 nitrogen and oxygen atoms in total. The van der Waals surface area contributed by atoms with Crippen LogP contribution < -0.4 is 5.32 Å². The van der Waals surface area contributed by atoms with Gasteiger partial charge in [-0.05, 0) is 31.1 Å². The van der Waals surface area contributed by atoms with Gasteiger partial charge in [-0.1, -0.05) is 20.3 Å². The first-order valence-corrected chi connectivity index (χ1v) is 7.32. The van der Waals surface area contributed by atoms with Crippen molar-refractivity contribution in [2.24, 2.45) is 11.8 Å². The maximum Gasteiger partial charge on any atom is 0.239 e. The highest BCUT2D eigenvalue weighted by Crippen LogP contribution is 2.27. The second-order valence-corrected chi connectivity index (χ2v) is 5.90. The lowest BCUT2D eigenvalue weighted by molar-refractivity contribution is -0.134. The molecule has 0 aliphatic carbocycles. The van der Waals surface area contributed by atoms with Crippen molar-refractivity contribution in [3.63, 3.8) is 0 Å². The molecule has 0 spiro atoms. The van der Waals surface area contributed by atoms with Crippen LogP contribution in [0.5, 0.6) is 0 Å². The van der Waals surface area contributed by atoms with Gasteiger partial charge < -0.3 is 15.3 Å². The molecular formula is C14H26N2O2. The van der Waals surface area contributed by atoms with Crippen molar-refractivity contribution >= 4 is 5.91 Å². The molecule has 104 valence electrons. The number of hydrogen-bond donors (Lipinski definition) is 2. The summed E-state index contributed by atoms with van der Waals surface area (Å²) >= 11 is 0. The van der Waals surface area contributed by atoms with Crippen molar-refractivity contribution in [2.45, 2.75) is 51.7 Å². The topological polar surface area (TPSA) is 52.6 Å². The van der Waals surface area contributed by atoms with E-state index in [-0.39, 0.29) is 18.1 Å². The van der Waals surface area contributed by atoms with Crippen molar-refractivity contribution in [3.05, 3.63) is 0 Å². The van der Waals surface area contributed by atoms with Crippen molar-refractivity contribution in [1.29, 1.82) is 0 Å². The molecule has 3 atom stereocenters. The number of piperidine rings is 1. The third-order valence-electron chi connectivity index (χ3n) is 4.71. The van der Waals surface area contributed by atoms with Gasteiger partial charge in [-0.25, -0.2) is 0 Å². The number of β-amino-alcohol motifs (C(OH)–C–C–N with tert-alkyl or cyclic N) is 1. The lowest BCUT2D eigenvalue weighted by Gasteiger charge is -2.35. The van der Waals surface area contributed by atoms with Gasteiger partial charge in [0.1, 0.15) is 0 Å². The standard InChI is InChI=1S/C14H26N2O2/c1-3-10(2)11-4-6-16(7-5-11)14(18)13-8-12(17)9-15-13/h10-13,15,17H,3-9H2,1-2H3/t10-,12+,13+/m0/s1. The molecule has 2 saturated heterocycles. The Bertz CT molecular complexity index is 288. The lowest BCUT2D eigenvalue weighted by atomic mass is 9.84. The van der Waals surface area contributed by atoms with E-state index in [0.717, 1.165) is 37.8 Å². The fourth-order valence-electron chi connectivity index (χ4n) is 3.15. The van der Waals surface area contributed by atoms with Crippen LogP contribution >= 0.6 is 0 Å². The molecule has 0 aromatic rings. The summed E-state index contributed by atoms with van der Waals surface area (Å²) in [5.41, 5.74) is 0. The average molecular weight is 254 g/mol. The van der Waals surface area contributed by atoms with E-state index in [1.165, 1.54) is 6.42 Å². The average Bonchev–Trinajstić information content (AvgIpc) is 2.84. The highest BCUT2D eigenvalue weighted by molar-refractivity contribution is 5.82. The number of hydrogen-bond acceptors (Lipinski definition) is 3. The third kappa shape index (κ3) is 3.04. The van der Waals surface area contributed by atoms with E-state index >= 15 is 0 Å². The SMILES string of the molecule is CC[C@H](C)C1CCN(C(=O)[C@H]2C[C@@H](O)CN2)CC1. The van der Waals surface area contributed by atoms with Gasteiger partial charge in [0.15, 0.2) is 0 Å². The summed E-state index contributed by atoms with van der Waals surface area (Å²) in [6.45, 7) is 6.90. The smallest absolute Gasteiger partial charge is 0.239 e. The second kappa shape index (κ2) is 6.02. The molecule has 18 heavy (non-hydrogen) atoms. The van der Waals surface area contributed by atoms with Crippen LogP contribution in [0, 0.1) is 11.8 Å². The Morgan fingerprint density at radius 2 is 2.11 bits per heavy atom. The highest BCUT2D eigenvalue weighted by Gasteiger charge is 2.33. The zero-order valence-corrected chi connectivity index (χ0v) is 11.6. The fraction of sp³-hybridized carbons (Fsp3) is 0.929. The maximum atomic E-state index is 12.2. The first-order chi connectivity index (χ1) is 8.61. The molecule has 0 unspecified atom stereocenters. The highest BCUT2D eigenvalue weighted by atomic mass is 16.3. The minimum Gasteiger partial charge on any atom is -0.392 e. The zero-order chi connectivity index (χ0) is 13.1. The largest absolute Gasteiger partial charge is 0.392 e. The van der Waals surface area contributed by atoms with Gasteiger partial charge in [0.05, 0.1) is 12.1 Å². The Morgan fingerprint density at radius 3 is 2.61 bits per heavy atom. The Kier molecular flexibility index (Phi) is 4.62. The molecule has 2 aliphatic heterocycles. The van der Waals surface area contributed by atoms with E-state index in [1.54, 1.807) is 0 Å². The van der Waals surface area contributed by atoms with Gasteiger partial charge in [0, 0.05) is 19.6 Å². The van der Waals surface area contributed by atoms with E-state index in [4.69, 9.17) is 0 Å². The molecule has 2 fully saturated rings. The molecule has 0 aromatic carbocycles. The number of amides is 1. The molecule has 1 amide bonds. The Hall–Kier alpha value is -0.610. The van der Waals surface area contributed by atoms with Crippen LogP contribution in [-0.4, -0.2) is 47.7 Å². The monoisotopic (exact) mass is 254 g/mol. The number of likely N-dealkylation sites (tertiary alicyclic amines) is 1. The van der Waals surface area contributed by atoms with Crippen molar-refractivity contribution in [2.75, 3.05) is 19.6 Å². The number of nitrogens with zero attached hydrogens (tertiary/aromatic N) is 1. The zero-order valence-electron chi connectivity index (χ0n) is 11.6. The molecule has 4 heteroatoms. The number of carbonyl (C=O) groups excluding carboxylic acids is 1. The normalized spacial score (nSPS) is 31.6. The summed E-state index contributed by atoms with van der Waals surface area (Å²) in [7, 11) is 0. The Labute approximate surface area is 110 Å².